The third-order valence-electron chi connectivity index (χ3n) is 3.93. The van der Waals surface area contributed by atoms with E-state index in [9.17, 15) is 13.2 Å². The largest absolute Gasteiger partial charge is 0.350 e. The highest BCUT2D eigenvalue weighted by Crippen LogP contribution is 2.15. The molecule has 0 aromatic carbocycles. The minimum atomic E-state index is -3.11. The van der Waals surface area contributed by atoms with Crippen molar-refractivity contribution in [3.05, 3.63) is 17.5 Å². The van der Waals surface area contributed by atoms with Crippen molar-refractivity contribution < 1.29 is 13.2 Å². The molecule has 0 radical (unpaired) electrons. The molecule has 0 fully saturated rings. The van der Waals surface area contributed by atoms with E-state index in [0.29, 0.717) is 12.5 Å². The number of aromatic nitrogens is 2. The van der Waals surface area contributed by atoms with Crippen molar-refractivity contribution in [1.82, 2.24) is 20.0 Å². The van der Waals surface area contributed by atoms with E-state index in [1.807, 2.05) is 10.7 Å². The quantitative estimate of drug-likeness (QED) is 0.781. The number of rotatable bonds is 7. The molecule has 0 atom stereocenters. The summed E-state index contributed by atoms with van der Waals surface area (Å²) in [5.74, 6) is 0.251. The molecule has 1 aliphatic rings. The lowest BCUT2D eigenvalue weighted by Gasteiger charge is -2.21. The van der Waals surface area contributed by atoms with Gasteiger partial charge in [-0.15, -0.1) is 0 Å². The van der Waals surface area contributed by atoms with Gasteiger partial charge in [0.25, 0.3) is 0 Å². The van der Waals surface area contributed by atoms with Crippen molar-refractivity contribution in [1.29, 1.82) is 0 Å². The third-order valence-corrected chi connectivity index (χ3v) is 4.88. The Morgan fingerprint density at radius 3 is 2.79 bits per heavy atom. The van der Waals surface area contributed by atoms with Crippen LogP contribution in [-0.2, 0) is 34.3 Å². The summed E-state index contributed by atoms with van der Waals surface area (Å²) in [6, 6.07) is 2.04. The molecule has 0 spiro atoms. The summed E-state index contributed by atoms with van der Waals surface area (Å²) in [4.78, 5) is 14.2. The van der Waals surface area contributed by atoms with Gasteiger partial charge in [0, 0.05) is 38.9 Å². The number of carbonyl (C=O) groups excluding carboxylic acids is 1. The number of amides is 1. The van der Waals surface area contributed by atoms with Crippen molar-refractivity contribution in [3.8, 4) is 0 Å². The highest BCUT2D eigenvalue weighted by molar-refractivity contribution is 7.90. The zero-order valence-corrected chi connectivity index (χ0v) is 15.6. The van der Waals surface area contributed by atoms with E-state index in [2.05, 4.69) is 29.2 Å². The van der Waals surface area contributed by atoms with Crippen LogP contribution >= 0.6 is 0 Å². The number of nitrogens with zero attached hydrogens (tertiary/aromatic N) is 3. The number of sulfone groups is 1. The van der Waals surface area contributed by atoms with Crippen LogP contribution in [-0.4, -0.2) is 54.1 Å². The van der Waals surface area contributed by atoms with Crippen LogP contribution in [0.4, 0.5) is 0 Å². The molecule has 2 heterocycles. The second kappa shape index (κ2) is 8.11. The number of hydrogen-bond acceptors (Lipinski definition) is 5. The van der Waals surface area contributed by atoms with Crippen molar-refractivity contribution in [3.63, 3.8) is 0 Å². The van der Waals surface area contributed by atoms with Crippen molar-refractivity contribution >= 4 is 15.7 Å². The van der Waals surface area contributed by atoms with Crippen LogP contribution in [0.15, 0.2) is 6.07 Å². The van der Waals surface area contributed by atoms with Crippen molar-refractivity contribution in [2.75, 3.05) is 25.1 Å². The second-order valence-electron chi connectivity index (χ2n) is 6.99. The maximum absolute atomic E-state index is 11.7. The van der Waals surface area contributed by atoms with Crippen LogP contribution in [0.3, 0.4) is 0 Å². The maximum Gasteiger partial charge on any atom is 0.221 e. The monoisotopic (exact) mass is 356 g/mol. The minimum absolute atomic E-state index is 0.00539. The first-order valence-electron chi connectivity index (χ1n) is 8.45. The van der Waals surface area contributed by atoms with Gasteiger partial charge >= 0.3 is 0 Å². The summed E-state index contributed by atoms with van der Waals surface area (Å²) in [6.07, 6.45) is 2.20. The van der Waals surface area contributed by atoms with Crippen molar-refractivity contribution in [2.24, 2.45) is 5.92 Å². The molecular weight excluding hydrogens is 328 g/mol. The molecule has 0 bridgehead atoms. The van der Waals surface area contributed by atoms with E-state index in [1.165, 1.54) is 5.69 Å². The molecule has 1 aromatic heterocycles. The first-order chi connectivity index (χ1) is 11.2. The molecule has 24 heavy (non-hydrogen) atoms. The lowest BCUT2D eigenvalue weighted by atomic mass is 10.2. The zero-order chi connectivity index (χ0) is 17.7. The summed E-state index contributed by atoms with van der Waals surface area (Å²) >= 11 is 0. The van der Waals surface area contributed by atoms with Gasteiger partial charge in [0.1, 0.15) is 9.84 Å². The molecule has 1 amide bonds. The number of hydrogen-bond donors (Lipinski definition) is 1. The second-order valence-corrected chi connectivity index (χ2v) is 9.25. The SMILES string of the molecule is CC(C)CN1CCCn2nc(CNC(=O)CCS(C)(=O)=O)cc2C1. The number of carbonyl (C=O) groups is 1. The van der Waals surface area contributed by atoms with Crippen LogP contribution in [0.1, 0.15) is 38.1 Å². The van der Waals surface area contributed by atoms with Crippen LogP contribution in [0.5, 0.6) is 0 Å². The van der Waals surface area contributed by atoms with Gasteiger partial charge in [-0.05, 0) is 18.4 Å². The molecular formula is C16H28N4O3S. The highest BCUT2D eigenvalue weighted by atomic mass is 32.2. The van der Waals surface area contributed by atoms with Gasteiger partial charge in [0.2, 0.25) is 5.91 Å². The first-order valence-corrected chi connectivity index (χ1v) is 10.5. The minimum Gasteiger partial charge on any atom is -0.350 e. The van der Waals surface area contributed by atoms with E-state index in [1.54, 1.807) is 0 Å². The van der Waals surface area contributed by atoms with E-state index >= 15 is 0 Å². The number of aryl methyl sites for hydroxylation is 1. The van der Waals surface area contributed by atoms with Gasteiger partial charge in [0.15, 0.2) is 0 Å². The molecule has 0 saturated heterocycles. The maximum atomic E-state index is 11.7. The average Bonchev–Trinajstić information content (AvgIpc) is 2.74. The van der Waals surface area contributed by atoms with Gasteiger partial charge in [-0.2, -0.15) is 5.10 Å². The van der Waals surface area contributed by atoms with Crippen LogP contribution in [0, 0.1) is 5.92 Å². The topological polar surface area (TPSA) is 84.3 Å². The molecule has 1 aromatic rings. The van der Waals surface area contributed by atoms with Gasteiger partial charge < -0.3 is 5.32 Å². The Labute approximate surface area is 144 Å². The summed E-state index contributed by atoms with van der Waals surface area (Å²) in [5.41, 5.74) is 2.00. The molecule has 2 rings (SSSR count). The third kappa shape index (κ3) is 6.24. The van der Waals surface area contributed by atoms with E-state index in [-0.39, 0.29) is 18.1 Å². The van der Waals surface area contributed by atoms with E-state index in [4.69, 9.17) is 0 Å². The Hall–Kier alpha value is -1.41. The lowest BCUT2D eigenvalue weighted by Crippen LogP contribution is -2.27. The van der Waals surface area contributed by atoms with Crippen LogP contribution in [0.2, 0.25) is 0 Å². The lowest BCUT2D eigenvalue weighted by molar-refractivity contribution is -0.120. The predicted molar refractivity (Wildman–Crippen MR) is 93.1 cm³/mol. The average molecular weight is 356 g/mol. The van der Waals surface area contributed by atoms with Crippen molar-refractivity contribution in [2.45, 2.75) is 46.3 Å². The Bertz CT molecular complexity index is 667. The standard InChI is InChI=1S/C16H28N4O3S/c1-13(2)11-19-6-4-7-20-15(12-19)9-14(18-20)10-17-16(21)5-8-24(3,22)23/h9,13H,4-8,10-12H2,1-3H3,(H,17,21). The highest BCUT2D eigenvalue weighted by Gasteiger charge is 2.17. The summed E-state index contributed by atoms with van der Waals surface area (Å²) in [5, 5.41) is 7.31. The molecule has 0 unspecified atom stereocenters. The van der Waals surface area contributed by atoms with Gasteiger partial charge in [-0.1, -0.05) is 13.8 Å². The summed E-state index contributed by atoms with van der Waals surface area (Å²) in [7, 11) is -3.11. The fourth-order valence-electron chi connectivity index (χ4n) is 2.90. The Morgan fingerprint density at radius 1 is 1.38 bits per heavy atom. The van der Waals surface area contributed by atoms with Gasteiger partial charge in [-0.25, -0.2) is 8.42 Å². The fraction of sp³-hybridized carbons (Fsp3) is 0.750. The Morgan fingerprint density at radius 2 is 2.12 bits per heavy atom. The molecule has 1 aliphatic heterocycles. The molecule has 0 saturated carbocycles. The van der Waals surface area contributed by atoms with E-state index in [0.717, 1.165) is 44.5 Å². The molecule has 0 aliphatic carbocycles. The predicted octanol–water partition coefficient (Wildman–Crippen LogP) is 0.796. The molecule has 8 heteroatoms. The Balaban J connectivity index is 1.89. The summed E-state index contributed by atoms with van der Waals surface area (Å²) < 4.78 is 24.2. The smallest absolute Gasteiger partial charge is 0.221 e. The molecule has 7 nitrogen and oxygen atoms in total. The van der Waals surface area contributed by atoms with Gasteiger partial charge in [0.05, 0.1) is 23.7 Å². The summed E-state index contributed by atoms with van der Waals surface area (Å²) in [6.45, 7) is 8.72. The number of fused-ring (bicyclic) bond motifs is 1. The Kier molecular flexibility index (Phi) is 6.40. The van der Waals surface area contributed by atoms with E-state index < -0.39 is 9.84 Å². The molecule has 136 valence electrons. The van der Waals surface area contributed by atoms with Gasteiger partial charge in [-0.3, -0.25) is 14.4 Å². The van der Waals surface area contributed by atoms with Crippen LogP contribution in [0.25, 0.3) is 0 Å². The fourth-order valence-corrected chi connectivity index (χ4v) is 3.46. The number of nitrogens with one attached hydrogen (secondary N) is 1. The van der Waals surface area contributed by atoms with Crippen LogP contribution < -0.4 is 5.32 Å². The normalized spacial score (nSPS) is 16.0. The first kappa shape index (κ1) is 18.9. The molecule has 1 N–H and O–H groups in total. The zero-order valence-electron chi connectivity index (χ0n) is 14.8.